The van der Waals surface area contributed by atoms with Gasteiger partial charge < -0.3 is 14.5 Å². The molecule has 4 aromatic rings. The Hall–Kier alpha value is -3.32. The number of hydrogen-bond acceptors (Lipinski definition) is 4. The molecule has 1 saturated heterocycles. The van der Waals surface area contributed by atoms with Crippen molar-refractivity contribution in [2.75, 3.05) is 19.7 Å². The van der Waals surface area contributed by atoms with Gasteiger partial charge in [0.1, 0.15) is 6.61 Å². The molecule has 3 aromatic carbocycles. The highest BCUT2D eigenvalue weighted by Gasteiger charge is 2.28. The summed E-state index contributed by atoms with van der Waals surface area (Å²) in [5.41, 5.74) is 4.52. The van der Waals surface area contributed by atoms with E-state index in [2.05, 4.69) is 52.3 Å². The first kappa shape index (κ1) is 24.4. The van der Waals surface area contributed by atoms with Crippen molar-refractivity contribution in [3.8, 4) is 0 Å². The number of fused-ring (bicyclic) bond motifs is 1. The Morgan fingerprint density at radius 2 is 1.78 bits per heavy atom. The molecule has 0 saturated carbocycles. The highest BCUT2D eigenvalue weighted by molar-refractivity contribution is 9.10. The van der Waals surface area contributed by atoms with Gasteiger partial charge in [0, 0.05) is 29.5 Å². The van der Waals surface area contributed by atoms with Crippen LogP contribution in [-0.2, 0) is 17.8 Å². The summed E-state index contributed by atoms with van der Waals surface area (Å²) in [5.74, 6) is 0.314. The van der Waals surface area contributed by atoms with Crippen LogP contribution in [0.2, 0.25) is 0 Å². The normalized spacial score (nSPS) is 14.2. The average molecular weight is 548 g/mol. The van der Waals surface area contributed by atoms with Crippen molar-refractivity contribution in [1.29, 1.82) is 0 Å². The third kappa shape index (κ3) is 5.73. The molecule has 0 N–H and O–H groups in total. The number of carbonyl (C=O) groups excluding carboxylic acids is 1. The Balaban J connectivity index is 1.38. The Labute approximate surface area is 219 Å². The number of likely N-dealkylation sites (tertiary alicyclic amines) is 1. The van der Waals surface area contributed by atoms with E-state index in [-0.39, 0.29) is 6.09 Å². The zero-order valence-electron chi connectivity index (χ0n) is 20.4. The molecule has 2 heterocycles. The van der Waals surface area contributed by atoms with Crippen molar-refractivity contribution in [2.24, 2.45) is 0 Å². The number of hydrogen-bond donors (Lipinski definition) is 0. The first-order chi connectivity index (χ1) is 17.6. The van der Waals surface area contributed by atoms with Gasteiger partial charge in [-0.25, -0.2) is 4.79 Å². The van der Waals surface area contributed by atoms with Crippen molar-refractivity contribution >= 4 is 32.8 Å². The van der Waals surface area contributed by atoms with Gasteiger partial charge >= 0.3 is 6.09 Å². The second kappa shape index (κ2) is 11.2. The molecule has 1 aromatic heterocycles. The fourth-order valence-electron chi connectivity index (χ4n) is 4.82. The number of aromatic nitrogens is 2. The van der Waals surface area contributed by atoms with Gasteiger partial charge in [-0.2, -0.15) is 0 Å². The summed E-state index contributed by atoms with van der Waals surface area (Å²) in [6.45, 7) is 4.06. The molecule has 0 aliphatic carbocycles. The standard InChI is InChI=1S/C29H30BrN3O3/c1-2-35-29(34)32-14-12-24(13-15-32)27-19-33(36-20-21-6-4-3-5-7-21)31-28(27)17-22-8-9-23-10-11-26(30)18-25(23)16-22/h3-11,16,18-19,24H,2,12-15,17,20H2,1H3. The van der Waals surface area contributed by atoms with Crippen molar-refractivity contribution in [3.05, 3.63) is 99.8 Å². The Morgan fingerprint density at radius 1 is 1.00 bits per heavy atom. The van der Waals surface area contributed by atoms with E-state index in [1.807, 2.05) is 43.5 Å². The molecule has 0 radical (unpaired) electrons. The molecular weight excluding hydrogens is 518 g/mol. The first-order valence-corrected chi connectivity index (χ1v) is 13.2. The van der Waals surface area contributed by atoms with E-state index in [9.17, 15) is 4.79 Å². The third-order valence-corrected chi connectivity index (χ3v) is 7.20. The Bertz CT molecular complexity index is 1330. The highest BCUT2D eigenvalue weighted by atomic mass is 79.9. The SMILES string of the molecule is CCOC(=O)N1CCC(c2cn(OCc3ccccc3)nc2Cc2ccc3ccc(Br)cc3c2)CC1. The number of halogens is 1. The molecular formula is C29H30BrN3O3. The minimum Gasteiger partial charge on any atom is -0.450 e. The number of carbonyl (C=O) groups is 1. The average Bonchev–Trinajstić information content (AvgIpc) is 3.30. The van der Waals surface area contributed by atoms with Crippen LogP contribution in [0.4, 0.5) is 4.79 Å². The second-order valence-corrected chi connectivity index (χ2v) is 10.1. The number of nitrogens with zero attached hydrogens (tertiary/aromatic N) is 3. The molecule has 1 aliphatic heterocycles. The molecule has 1 fully saturated rings. The first-order valence-electron chi connectivity index (χ1n) is 12.4. The van der Waals surface area contributed by atoms with E-state index in [0.29, 0.717) is 32.2 Å². The summed E-state index contributed by atoms with van der Waals surface area (Å²) >= 11 is 3.58. The number of benzene rings is 3. The summed E-state index contributed by atoms with van der Waals surface area (Å²) in [4.78, 5) is 21.6. The number of piperidine rings is 1. The van der Waals surface area contributed by atoms with Crippen LogP contribution in [0, 0.1) is 0 Å². The van der Waals surface area contributed by atoms with Crippen molar-refractivity contribution in [3.63, 3.8) is 0 Å². The van der Waals surface area contributed by atoms with Crippen molar-refractivity contribution < 1.29 is 14.4 Å². The van der Waals surface area contributed by atoms with Gasteiger partial charge in [-0.1, -0.05) is 70.5 Å². The molecule has 0 unspecified atom stereocenters. The largest absolute Gasteiger partial charge is 0.450 e. The zero-order chi connectivity index (χ0) is 24.9. The van der Waals surface area contributed by atoms with E-state index in [1.54, 1.807) is 9.75 Å². The molecule has 7 heteroatoms. The lowest BCUT2D eigenvalue weighted by molar-refractivity contribution is 0.0690. The third-order valence-electron chi connectivity index (χ3n) is 6.71. The summed E-state index contributed by atoms with van der Waals surface area (Å²) < 4.78 is 6.26. The van der Waals surface area contributed by atoms with E-state index < -0.39 is 0 Å². The van der Waals surface area contributed by atoms with Crippen LogP contribution >= 0.6 is 15.9 Å². The molecule has 0 spiro atoms. The predicted molar refractivity (Wildman–Crippen MR) is 144 cm³/mol. The van der Waals surface area contributed by atoms with E-state index in [4.69, 9.17) is 14.7 Å². The van der Waals surface area contributed by atoms with Gasteiger partial charge in [0.25, 0.3) is 0 Å². The number of ether oxygens (including phenoxy) is 1. The minimum atomic E-state index is -0.222. The van der Waals surface area contributed by atoms with Gasteiger partial charge in [-0.3, -0.25) is 0 Å². The van der Waals surface area contributed by atoms with E-state index in [0.717, 1.165) is 35.0 Å². The minimum absolute atomic E-state index is 0.222. The van der Waals surface area contributed by atoms with E-state index in [1.165, 1.54) is 21.9 Å². The maximum Gasteiger partial charge on any atom is 0.409 e. The lowest BCUT2D eigenvalue weighted by Crippen LogP contribution is -2.38. The number of rotatable bonds is 7. The zero-order valence-corrected chi connectivity index (χ0v) is 22.0. The second-order valence-electron chi connectivity index (χ2n) is 9.16. The summed E-state index contributed by atoms with van der Waals surface area (Å²) in [6, 6.07) is 23.0. The summed E-state index contributed by atoms with van der Waals surface area (Å²) in [5, 5.41) is 7.27. The fraction of sp³-hybridized carbons (Fsp3) is 0.310. The monoisotopic (exact) mass is 547 g/mol. The maximum absolute atomic E-state index is 12.2. The summed E-state index contributed by atoms with van der Waals surface area (Å²) in [6.07, 6.45) is 4.28. The quantitative estimate of drug-likeness (QED) is 0.270. The van der Waals surface area contributed by atoms with Crippen LogP contribution in [0.15, 0.2) is 77.4 Å². The van der Waals surface area contributed by atoms with Crippen LogP contribution in [0.25, 0.3) is 10.8 Å². The smallest absolute Gasteiger partial charge is 0.409 e. The molecule has 0 bridgehead atoms. The molecule has 36 heavy (non-hydrogen) atoms. The predicted octanol–water partition coefficient (Wildman–Crippen LogP) is 6.35. The van der Waals surface area contributed by atoms with Crippen LogP contribution in [0.5, 0.6) is 0 Å². The highest BCUT2D eigenvalue weighted by Crippen LogP contribution is 2.32. The number of amides is 1. The fourth-order valence-corrected chi connectivity index (χ4v) is 5.20. The van der Waals surface area contributed by atoms with Crippen LogP contribution in [-0.4, -0.2) is 40.6 Å². The van der Waals surface area contributed by atoms with Gasteiger partial charge in [-0.15, -0.1) is 9.94 Å². The Morgan fingerprint density at radius 3 is 2.56 bits per heavy atom. The maximum atomic E-state index is 12.2. The molecule has 186 valence electrons. The van der Waals surface area contributed by atoms with Gasteiger partial charge in [-0.05, 0) is 59.7 Å². The van der Waals surface area contributed by atoms with E-state index >= 15 is 0 Å². The van der Waals surface area contributed by atoms with Crippen LogP contribution in [0.1, 0.15) is 48.1 Å². The molecule has 1 amide bonds. The lowest BCUT2D eigenvalue weighted by atomic mass is 9.88. The van der Waals surface area contributed by atoms with Crippen molar-refractivity contribution in [1.82, 2.24) is 14.8 Å². The lowest BCUT2D eigenvalue weighted by Gasteiger charge is -2.31. The van der Waals surface area contributed by atoms with Crippen LogP contribution < -0.4 is 4.84 Å². The topological polar surface area (TPSA) is 56.6 Å². The van der Waals surface area contributed by atoms with Crippen molar-refractivity contribution in [2.45, 2.75) is 38.7 Å². The molecule has 1 aliphatic rings. The van der Waals surface area contributed by atoms with Gasteiger partial charge in [0.15, 0.2) is 0 Å². The molecule has 5 rings (SSSR count). The Kier molecular flexibility index (Phi) is 7.56. The molecule has 0 atom stereocenters. The molecule has 6 nitrogen and oxygen atoms in total. The summed E-state index contributed by atoms with van der Waals surface area (Å²) in [7, 11) is 0. The van der Waals surface area contributed by atoms with Crippen LogP contribution in [0.3, 0.4) is 0 Å². The van der Waals surface area contributed by atoms with Gasteiger partial charge in [0.2, 0.25) is 0 Å². The van der Waals surface area contributed by atoms with Gasteiger partial charge in [0.05, 0.1) is 18.5 Å².